The van der Waals surface area contributed by atoms with Gasteiger partial charge >= 0.3 is 0 Å². The minimum Gasteiger partial charge on any atom is -0.341 e. The third-order valence-electron chi connectivity index (χ3n) is 3.92. The van der Waals surface area contributed by atoms with Crippen molar-refractivity contribution in [3.63, 3.8) is 0 Å². The van der Waals surface area contributed by atoms with Crippen LogP contribution in [0, 0.1) is 13.8 Å². The van der Waals surface area contributed by atoms with Crippen molar-refractivity contribution < 1.29 is 10.0 Å². The molecule has 0 spiro atoms. The Bertz CT molecular complexity index is 685. The van der Waals surface area contributed by atoms with E-state index in [2.05, 4.69) is 36.6 Å². The van der Waals surface area contributed by atoms with E-state index in [9.17, 15) is 4.79 Å². The summed E-state index contributed by atoms with van der Waals surface area (Å²) in [6.45, 7) is 6.26. The molecule has 1 amide bonds. The SMILES string of the molecule is Cc1cc(C=CC(=O)N(C)O)c(C)n1C(C)c1ccccc1. The molecule has 0 aliphatic heterocycles. The molecule has 1 unspecified atom stereocenters. The van der Waals surface area contributed by atoms with Crippen molar-refractivity contribution in [2.75, 3.05) is 7.05 Å². The largest absolute Gasteiger partial charge is 0.341 e. The first-order chi connectivity index (χ1) is 10.4. The standard InChI is InChI=1S/C18H22N2O2/c1-13-12-17(10-11-18(21)19(4)22)15(3)20(13)14(2)16-8-6-5-7-9-16/h5-12,14,22H,1-4H3. The minimum atomic E-state index is -0.444. The molecule has 1 heterocycles. The lowest BCUT2D eigenvalue weighted by atomic mass is 10.1. The van der Waals surface area contributed by atoms with Gasteiger partial charge in [-0.05, 0) is 44.0 Å². The van der Waals surface area contributed by atoms with E-state index in [1.54, 1.807) is 6.08 Å². The van der Waals surface area contributed by atoms with Gasteiger partial charge in [-0.25, -0.2) is 5.06 Å². The van der Waals surface area contributed by atoms with Crippen LogP contribution in [0.4, 0.5) is 0 Å². The van der Waals surface area contributed by atoms with Gasteiger partial charge in [0.05, 0.1) is 6.04 Å². The quantitative estimate of drug-likeness (QED) is 0.533. The number of aryl methyl sites for hydroxylation is 1. The molecular weight excluding hydrogens is 276 g/mol. The summed E-state index contributed by atoms with van der Waals surface area (Å²) in [5.74, 6) is -0.444. The number of carbonyl (C=O) groups is 1. The second kappa shape index (κ2) is 6.62. The summed E-state index contributed by atoms with van der Waals surface area (Å²) >= 11 is 0. The van der Waals surface area contributed by atoms with E-state index < -0.39 is 5.91 Å². The van der Waals surface area contributed by atoms with E-state index in [1.165, 1.54) is 18.7 Å². The zero-order chi connectivity index (χ0) is 16.3. The van der Waals surface area contributed by atoms with Gasteiger partial charge in [-0.15, -0.1) is 0 Å². The molecule has 0 radical (unpaired) electrons. The highest BCUT2D eigenvalue weighted by atomic mass is 16.5. The van der Waals surface area contributed by atoms with Crippen molar-refractivity contribution in [1.29, 1.82) is 0 Å². The number of aromatic nitrogens is 1. The van der Waals surface area contributed by atoms with Crippen LogP contribution in [-0.2, 0) is 4.79 Å². The third kappa shape index (κ3) is 3.28. The van der Waals surface area contributed by atoms with Gasteiger partial charge in [0.25, 0.3) is 5.91 Å². The van der Waals surface area contributed by atoms with Crippen molar-refractivity contribution >= 4 is 12.0 Å². The molecule has 1 N–H and O–H groups in total. The first-order valence-electron chi connectivity index (χ1n) is 7.30. The van der Waals surface area contributed by atoms with Crippen molar-refractivity contribution in [2.45, 2.75) is 26.8 Å². The van der Waals surface area contributed by atoms with Gasteiger partial charge in [0.1, 0.15) is 0 Å². The number of rotatable bonds is 4. The second-order valence-corrected chi connectivity index (χ2v) is 5.48. The average molecular weight is 298 g/mol. The topological polar surface area (TPSA) is 45.5 Å². The molecular formula is C18H22N2O2. The van der Waals surface area contributed by atoms with E-state index in [-0.39, 0.29) is 6.04 Å². The van der Waals surface area contributed by atoms with E-state index in [0.29, 0.717) is 5.06 Å². The molecule has 0 saturated heterocycles. The highest BCUT2D eigenvalue weighted by Gasteiger charge is 2.14. The van der Waals surface area contributed by atoms with Gasteiger partial charge in [0.15, 0.2) is 0 Å². The maximum Gasteiger partial charge on any atom is 0.269 e. The van der Waals surface area contributed by atoms with Gasteiger partial charge in [0.2, 0.25) is 0 Å². The van der Waals surface area contributed by atoms with E-state index in [1.807, 2.05) is 25.1 Å². The molecule has 0 saturated carbocycles. The maximum atomic E-state index is 11.5. The average Bonchev–Trinajstić information content (AvgIpc) is 2.79. The molecule has 0 aliphatic rings. The van der Waals surface area contributed by atoms with E-state index in [0.717, 1.165) is 17.0 Å². The molecule has 2 rings (SSSR count). The van der Waals surface area contributed by atoms with E-state index in [4.69, 9.17) is 5.21 Å². The Morgan fingerprint density at radius 1 is 1.27 bits per heavy atom. The number of hydroxylamine groups is 2. The van der Waals surface area contributed by atoms with Crippen molar-refractivity contribution in [1.82, 2.24) is 9.63 Å². The molecule has 4 nitrogen and oxygen atoms in total. The lowest BCUT2D eigenvalue weighted by Gasteiger charge is -2.19. The summed E-state index contributed by atoms with van der Waals surface area (Å²) in [4.78, 5) is 11.5. The fourth-order valence-corrected chi connectivity index (χ4v) is 2.72. The molecule has 4 heteroatoms. The third-order valence-corrected chi connectivity index (χ3v) is 3.92. The molecule has 22 heavy (non-hydrogen) atoms. The van der Waals surface area contributed by atoms with Crippen LogP contribution in [0.25, 0.3) is 6.08 Å². The lowest BCUT2D eigenvalue weighted by molar-refractivity contribution is -0.153. The molecule has 1 atom stereocenters. The summed E-state index contributed by atoms with van der Waals surface area (Å²) < 4.78 is 2.25. The molecule has 0 fully saturated rings. The normalized spacial score (nSPS) is 12.6. The number of nitrogens with zero attached hydrogens (tertiary/aromatic N) is 2. The smallest absolute Gasteiger partial charge is 0.269 e. The first kappa shape index (κ1) is 16.0. The Morgan fingerprint density at radius 3 is 2.50 bits per heavy atom. The predicted molar refractivity (Wildman–Crippen MR) is 87.8 cm³/mol. The summed E-state index contributed by atoms with van der Waals surface area (Å²) in [5, 5.41) is 9.66. The Hall–Kier alpha value is -2.33. The second-order valence-electron chi connectivity index (χ2n) is 5.48. The molecule has 116 valence electrons. The van der Waals surface area contributed by atoms with Crippen molar-refractivity contribution in [3.05, 3.63) is 65.0 Å². The summed E-state index contributed by atoms with van der Waals surface area (Å²) in [5.41, 5.74) is 4.46. The fourth-order valence-electron chi connectivity index (χ4n) is 2.72. The molecule has 2 aromatic rings. The van der Waals surface area contributed by atoms with E-state index >= 15 is 0 Å². The fraction of sp³-hybridized carbons (Fsp3) is 0.278. The van der Waals surface area contributed by atoms with Gasteiger partial charge < -0.3 is 4.57 Å². The highest BCUT2D eigenvalue weighted by molar-refractivity contribution is 5.90. The van der Waals surface area contributed by atoms with Crippen LogP contribution in [0.3, 0.4) is 0 Å². The van der Waals surface area contributed by atoms with Crippen LogP contribution in [0.5, 0.6) is 0 Å². The Morgan fingerprint density at radius 2 is 1.91 bits per heavy atom. The van der Waals surface area contributed by atoms with Crippen LogP contribution < -0.4 is 0 Å². The Labute approximate surface area is 131 Å². The number of amides is 1. The van der Waals surface area contributed by atoms with Crippen LogP contribution in [0.2, 0.25) is 0 Å². The minimum absolute atomic E-state index is 0.222. The van der Waals surface area contributed by atoms with Crippen LogP contribution >= 0.6 is 0 Å². The molecule has 0 aliphatic carbocycles. The first-order valence-corrected chi connectivity index (χ1v) is 7.30. The summed E-state index contributed by atoms with van der Waals surface area (Å²) in [6.07, 6.45) is 3.12. The van der Waals surface area contributed by atoms with Crippen molar-refractivity contribution in [3.8, 4) is 0 Å². The Balaban J connectivity index is 2.33. The monoisotopic (exact) mass is 298 g/mol. The predicted octanol–water partition coefficient (Wildman–Crippen LogP) is 3.58. The van der Waals surface area contributed by atoms with Gasteiger partial charge in [-0.3, -0.25) is 10.0 Å². The lowest BCUT2D eigenvalue weighted by Crippen LogP contribution is -2.19. The summed E-state index contributed by atoms with van der Waals surface area (Å²) in [6, 6.07) is 12.6. The number of benzene rings is 1. The zero-order valence-electron chi connectivity index (χ0n) is 13.4. The molecule has 0 bridgehead atoms. The van der Waals surface area contributed by atoms with Crippen LogP contribution in [0.15, 0.2) is 42.5 Å². The van der Waals surface area contributed by atoms with Crippen LogP contribution in [0.1, 0.15) is 35.5 Å². The van der Waals surface area contributed by atoms with Crippen LogP contribution in [-0.4, -0.2) is 27.8 Å². The summed E-state index contributed by atoms with van der Waals surface area (Å²) in [7, 11) is 1.31. The molecule has 1 aromatic heterocycles. The number of hydrogen-bond acceptors (Lipinski definition) is 2. The Kier molecular flexibility index (Phi) is 4.83. The number of likely N-dealkylation sites (N-methyl/N-ethyl adjacent to an activating group) is 1. The number of carbonyl (C=O) groups excluding carboxylic acids is 1. The highest BCUT2D eigenvalue weighted by Crippen LogP contribution is 2.26. The van der Waals surface area contributed by atoms with Gasteiger partial charge in [0, 0.05) is 24.5 Å². The van der Waals surface area contributed by atoms with Crippen molar-refractivity contribution in [2.24, 2.45) is 0 Å². The molecule has 1 aromatic carbocycles. The van der Waals surface area contributed by atoms with Gasteiger partial charge in [-0.2, -0.15) is 0 Å². The zero-order valence-corrected chi connectivity index (χ0v) is 13.4. The maximum absolute atomic E-state index is 11.5. The van der Waals surface area contributed by atoms with Gasteiger partial charge in [-0.1, -0.05) is 30.3 Å². The number of hydrogen-bond donors (Lipinski definition) is 1.